The lowest BCUT2D eigenvalue weighted by Gasteiger charge is -2.37. The van der Waals surface area contributed by atoms with Crippen LogP contribution in [0.3, 0.4) is 0 Å². The van der Waals surface area contributed by atoms with Gasteiger partial charge in [0.1, 0.15) is 5.75 Å². The Kier molecular flexibility index (Phi) is 7.21. The number of ether oxygens (including phenoxy) is 1. The number of piperazine rings is 1. The van der Waals surface area contributed by atoms with Crippen molar-refractivity contribution >= 4 is 34.8 Å². The molecule has 1 fully saturated rings. The van der Waals surface area contributed by atoms with Gasteiger partial charge in [-0.1, -0.05) is 37.6 Å². The van der Waals surface area contributed by atoms with E-state index in [2.05, 4.69) is 10.2 Å². The molecule has 2 aromatic rings. The predicted octanol–water partition coefficient (Wildman–Crippen LogP) is 4.30. The van der Waals surface area contributed by atoms with Crippen LogP contribution in [0.4, 0.5) is 11.4 Å². The lowest BCUT2D eigenvalue weighted by molar-refractivity contribution is -0.134. The van der Waals surface area contributed by atoms with E-state index in [4.69, 9.17) is 16.3 Å². The lowest BCUT2D eigenvalue weighted by atomic mass is 10.1. The molecule has 1 N–H and O–H groups in total. The first-order valence-corrected chi connectivity index (χ1v) is 10.6. The maximum atomic E-state index is 12.8. The molecule has 6 nitrogen and oxygen atoms in total. The summed E-state index contributed by atoms with van der Waals surface area (Å²) in [7, 11) is 0. The van der Waals surface area contributed by atoms with Crippen LogP contribution in [0, 0.1) is 5.92 Å². The van der Waals surface area contributed by atoms with Crippen molar-refractivity contribution in [3.05, 3.63) is 53.1 Å². The van der Waals surface area contributed by atoms with Crippen molar-refractivity contribution in [2.24, 2.45) is 5.92 Å². The maximum Gasteiger partial charge on any atom is 0.255 e. The third-order valence-electron chi connectivity index (χ3n) is 5.07. The number of carbonyl (C=O) groups excluding carboxylic acids is 2. The first kappa shape index (κ1) is 22.0. The van der Waals surface area contributed by atoms with Crippen LogP contribution in [-0.4, -0.2) is 49.5 Å². The molecule has 2 amide bonds. The second-order valence-corrected chi connectivity index (χ2v) is 7.92. The zero-order valence-electron chi connectivity index (χ0n) is 17.7. The summed E-state index contributed by atoms with van der Waals surface area (Å²) in [5, 5.41) is 3.40. The van der Waals surface area contributed by atoms with Gasteiger partial charge in [0.2, 0.25) is 5.91 Å². The van der Waals surface area contributed by atoms with Crippen LogP contribution in [0.25, 0.3) is 0 Å². The van der Waals surface area contributed by atoms with Crippen LogP contribution < -0.4 is 15.0 Å². The van der Waals surface area contributed by atoms with Gasteiger partial charge in [-0.15, -0.1) is 0 Å². The van der Waals surface area contributed by atoms with E-state index < -0.39 is 0 Å². The summed E-state index contributed by atoms with van der Waals surface area (Å²) < 4.78 is 5.43. The highest BCUT2D eigenvalue weighted by molar-refractivity contribution is 6.32. The van der Waals surface area contributed by atoms with Crippen molar-refractivity contribution in [1.29, 1.82) is 0 Å². The number of amides is 2. The van der Waals surface area contributed by atoms with Gasteiger partial charge >= 0.3 is 0 Å². The number of anilines is 2. The van der Waals surface area contributed by atoms with Crippen molar-refractivity contribution in [3.63, 3.8) is 0 Å². The molecule has 3 rings (SSSR count). The molecule has 1 aliphatic heterocycles. The molecular formula is C23H28ClN3O3. The summed E-state index contributed by atoms with van der Waals surface area (Å²) in [4.78, 5) is 29.1. The van der Waals surface area contributed by atoms with Crippen molar-refractivity contribution in [2.75, 3.05) is 43.0 Å². The predicted molar refractivity (Wildman–Crippen MR) is 121 cm³/mol. The van der Waals surface area contributed by atoms with Crippen LogP contribution >= 0.6 is 11.6 Å². The summed E-state index contributed by atoms with van der Waals surface area (Å²) in [6, 6.07) is 12.7. The Bertz CT molecular complexity index is 908. The molecule has 160 valence electrons. The van der Waals surface area contributed by atoms with E-state index in [9.17, 15) is 9.59 Å². The molecular weight excluding hydrogens is 402 g/mol. The first-order chi connectivity index (χ1) is 14.4. The Morgan fingerprint density at radius 2 is 1.80 bits per heavy atom. The van der Waals surface area contributed by atoms with Crippen molar-refractivity contribution in [3.8, 4) is 5.75 Å². The Labute approximate surface area is 182 Å². The molecule has 1 aliphatic rings. The molecule has 7 heteroatoms. The Balaban J connectivity index is 1.71. The molecule has 30 heavy (non-hydrogen) atoms. The molecule has 2 aromatic carbocycles. The van der Waals surface area contributed by atoms with Crippen LogP contribution in [0.2, 0.25) is 5.02 Å². The van der Waals surface area contributed by atoms with Gasteiger partial charge in [0.25, 0.3) is 5.91 Å². The highest BCUT2D eigenvalue weighted by atomic mass is 35.5. The zero-order valence-corrected chi connectivity index (χ0v) is 18.4. The third-order valence-corrected chi connectivity index (χ3v) is 5.37. The number of nitrogens with zero attached hydrogens (tertiary/aromatic N) is 2. The van der Waals surface area contributed by atoms with Crippen molar-refractivity contribution in [2.45, 2.75) is 20.8 Å². The van der Waals surface area contributed by atoms with E-state index in [0.717, 1.165) is 24.5 Å². The van der Waals surface area contributed by atoms with Crippen LogP contribution in [0.1, 0.15) is 31.1 Å². The molecule has 1 saturated heterocycles. The fourth-order valence-electron chi connectivity index (χ4n) is 3.50. The van der Waals surface area contributed by atoms with E-state index in [1.807, 2.05) is 49.9 Å². The number of nitrogens with one attached hydrogen (secondary N) is 1. The minimum atomic E-state index is -0.235. The molecule has 0 spiro atoms. The van der Waals surface area contributed by atoms with E-state index in [0.29, 0.717) is 36.0 Å². The van der Waals surface area contributed by atoms with Crippen LogP contribution in [-0.2, 0) is 4.79 Å². The summed E-state index contributed by atoms with van der Waals surface area (Å²) in [6.45, 7) is 9.03. The fraction of sp³-hybridized carbons (Fsp3) is 0.391. The largest absolute Gasteiger partial charge is 0.492 e. The average molecular weight is 430 g/mol. The SMILES string of the molecule is CCOc1ccc(C(=O)Nc2ccccc2N2CCN(C(=O)C(C)C)CC2)cc1Cl. The Hall–Kier alpha value is -2.73. The van der Waals surface area contributed by atoms with Gasteiger partial charge in [-0.25, -0.2) is 0 Å². The number of hydrogen-bond acceptors (Lipinski definition) is 4. The van der Waals surface area contributed by atoms with E-state index in [1.54, 1.807) is 18.2 Å². The highest BCUT2D eigenvalue weighted by Gasteiger charge is 2.24. The molecule has 1 heterocycles. The summed E-state index contributed by atoms with van der Waals surface area (Å²) in [6.07, 6.45) is 0. The minimum Gasteiger partial charge on any atom is -0.492 e. The normalized spacial score (nSPS) is 14.0. The van der Waals surface area contributed by atoms with Crippen molar-refractivity contribution in [1.82, 2.24) is 4.90 Å². The topological polar surface area (TPSA) is 61.9 Å². The smallest absolute Gasteiger partial charge is 0.255 e. The second kappa shape index (κ2) is 9.85. The van der Waals surface area contributed by atoms with E-state index in [1.165, 1.54) is 0 Å². The Morgan fingerprint density at radius 1 is 1.10 bits per heavy atom. The molecule has 0 aliphatic carbocycles. The number of rotatable bonds is 6. The number of benzene rings is 2. The molecule has 0 bridgehead atoms. The van der Waals surface area contributed by atoms with E-state index in [-0.39, 0.29) is 17.7 Å². The summed E-state index contributed by atoms with van der Waals surface area (Å²) in [5.41, 5.74) is 2.14. The zero-order chi connectivity index (χ0) is 21.7. The van der Waals surface area contributed by atoms with Gasteiger partial charge in [-0.05, 0) is 37.3 Å². The van der Waals surface area contributed by atoms with Gasteiger partial charge < -0.3 is 19.9 Å². The summed E-state index contributed by atoms with van der Waals surface area (Å²) in [5.74, 6) is 0.513. The van der Waals surface area contributed by atoms with Gasteiger partial charge in [-0.3, -0.25) is 9.59 Å². The van der Waals surface area contributed by atoms with Gasteiger partial charge in [0.05, 0.1) is 23.0 Å². The number of hydrogen-bond donors (Lipinski definition) is 1. The van der Waals surface area contributed by atoms with E-state index >= 15 is 0 Å². The third kappa shape index (κ3) is 5.05. The van der Waals surface area contributed by atoms with Crippen molar-refractivity contribution < 1.29 is 14.3 Å². The monoisotopic (exact) mass is 429 g/mol. The standard InChI is InChI=1S/C23H28ClN3O3/c1-4-30-21-10-9-17(15-18(21)24)22(28)25-19-7-5-6-8-20(19)26-11-13-27(14-12-26)23(29)16(2)3/h5-10,15-16H,4,11-14H2,1-3H3,(H,25,28). The number of para-hydroxylation sites is 2. The highest BCUT2D eigenvalue weighted by Crippen LogP contribution is 2.29. The second-order valence-electron chi connectivity index (χ2n) is 7.52. The summed E-state index contributed by atoms with van der Waals surface area (Å²) >= 11 is 6.22. The molecule has 0 atom stereocenters. The maximum absolute atomic E-state index is 12.8. The van der Waals surface area contributed by atoms with Gasteiger partial charge in [0.15, 0.2) is 0 Å². The Morgan fingerprint density at radius 3 is 2.43 bits per heavy atom. The van der Waals surface area contributed by atoms with Crippen LogP contribution in [0.5, 0.6) is 5.75 Å². The number of carbonyl (C=O) groups is 2. The average Bonchev–Trinajstić information content (AvgIpc) is 2.75. The van der Waals surface area contributed by atoms with Gasteiger partial charge in [-0.2, -0.15) is 0 Å². The fourth-order valence-corrected chi connectivity index (χ4v) is 3.73. The molecule has 0 radical (unpaired) electrons. The number of halogens is 1. The minimum absolute atomic E-state index is 0.00376. The molecule has 0 aromatic heterocycles. The molecule has 0 saturated carbocycles. The molecule has 0 unspecified atom stereocenters. The lowest BCUT2D eigenvalue weighted by Crippen LogP contribution is -2.50. The van der Waals surface area contributed by atoms with Crippen LogP contribution in [0.15, 0.2) is 42.5 Å². The van der Waals surface area contributed by atoms with Gasteiger partial charge in [0, 0.05) is 37.7 Å². The quantitative estimate of drug-likeness (QED) is 0.743. The first-order valence-electron chi connectivity index (χ1n) is 10.3.